The van der Waals surface area contributed by atoms with E-state index in [2.05, 4.69) is 61.7 Å². The maximum atomic E-state index is 6.00. The van der Waals surface area contributed by atoms with Gasteiger partial charge in [0.25, 0.3) is 0 Å². The molecule has 0 N–H and O–H groups in total. The summed E-state index contributed by atoms with van der Waals surface area (Å²) >= 11 is 7.82. The monoisotopic (exact) mass is 278 g/mol. The Balaban J connectivity index is 2.61. The van der Waals surface area contributed by atoms with Crippen LogP contribution in [0, 0.1) is 6.92 Å². The largest absolute Gasteiger partial charge is 0.119 e. The minimum Gasteiger partial charge on any atom is -0.119 e. The first-order valence-corrected chi connectivity index (χ1v) is 10.1. The Morgan fingerprint density at radius 3 is 2.12 bits per heavy atom. The zero-order valence-electron chi connectivity index (χ0n) is 9.96. The highest BCUT2D eigenvalue weighted by Crippen LogP contribution is 2.55. The lowest BCUT2D eigenvalue weighted by molar-refractivity contribution is 1.52. The smallest absolute Gasteiger partial charge is 0.0613 e. The summed E-state index contributed by atoms with van der Waals surface area (Å²) in [4.78, 5) is 0. The molecule has 2 aromatic carbocycles. The molecule has 0 aliphatic carbocycles. The van der Waals surface area contributed by atoms with E-state index in [0.29, 0.717) is 0 Å². The molecular weight excluding hydrogens is 263 g/mol. The maximum absolute atomic E-state index is 6.00. The molecule has 17 heavy (non-hydrogen) atoms. The first-order chi connectivity index (χ1) is 8.18. The molecular formula is C14H15PS2. The summed E-state index contributed by atoms with van der Waals surface area (Å²) in [5.41, 5.74) is 1.30. The van der Waals surface area contributed by atoms with Gasteiger partial charge in [0.15, 0.2) is 0 Å². The fraction of sp³-hybridized carbons (Fsp3) is 0.143. The van der Waals surface area contributed by atoms with E-state index in [9.17, 15) is 0 Å². The van der Waals surface area contributed by atoms with Gasteiger partial charge in [-0.25, -0.2) is 0 Å². The van der Waals surface area contributed by atoms with Crippen molar-refractivity contribution in [2.75, 3.05) is 6.26 Å². The van der Waals surface area contributed by atoms with Crippen LogP contribution in [0.2, 0.25) is 0 Å². The van der Waals surface area contributed by atoms with Crippen LogP contribution in [-0.2, 0) is 11.8 Å². The van der Waals surface area contributed by atoms with Crippen molar-refractivity contribution in [2.45, 2.75) is 6.92 Å². The van der Waals surface area contributed by atoms with Crippen molar-refractivity contribution in [1.29, 1.82) is 0 Å². The predicted octanol–water partition coefficient (Wildman–Crippen LogP) is 3.70. The first kappa shape index (κ1) is 12.9. The molecule has 0 saturated heterocycles. The van der Waals surface area contributed by atoms with E-state index in [1.165, 1.54) is 16.2 Å². The number of hydrogen-bond acceptors (Lipinski definition) is 2. The van der Waals surface area contributed by atoms with Crippen molar-refractivity contribution in [2.24, 2.45) is 0 Å². The van der Waals surface area contributed by atoms with Gasteiger partial charge in [0.2, 0.25) is 0 Å². The summed E-state index contributed by atoms with van der Waals surface area (Å²) in [7, 11) is 0. The third kappa shape index (κ3) is 2.49. The van der Waals surface area contributed by atoms with Gasteiger partial charge in [-0.3, -0.25) is 0 Å². The third-order valence-electron chi connectivity index (χ3n) is 2.79. The van der Waals surface area contributed by atoms with E-state index in [1.807, 2.05) is 17.4 Å². The van der Waals surface area contributed by atoms with Gasteiger partial charge < -0.3 is 0 Å². The Kier molecular flexibility index (Phi) is 4.09. The Bertz CT molecular complexity index is 549. The summed E-state index contributed by atoms with van der Waals surface area (Å²) in [5, 5.41) is 0.924. The van der Waals surface area contributed by atoms with Crippen molar-refractivity contribution in [3.8, 4) is 0 Å². The molecule has 0 aliphatic rings. The second-order valence-electron chi connectivity index (χ2n) is 3.86. The van der Waals surface area contributed by atoms with Gasteiger partial charge >= 0.3 is 0 Å². The van der Waals surface area contributed by atoms with Gasteiger partial charge in [-0.2, -0.15) is 0 Å². The molecule has 0 spiro atoms. The van der Waals surface area contributed by atoms with E-state index < -0.39 is 5.24 Å². The topological polar surface area (TPSA) is 0 Å². The van der Waals surface area contributed by atoms with Gasteiger partial charge in [0.1, 0.15) is 0 Å². The van der Waals surface area contributed by atoms with Gasteiger partial charge in [-0.05, 0) is 24.0 Å². The zero-order valence-corrected chi connectivity index (χ0v) is 12.5. The zero-order chi connectivity index (χ0) is 12.3. The second kappa shape index (κ2) is 5.39. The van der Waals surface area contributed by atoms with E-state index >= 15 is 0 Å². The van der Waals surface area contributed by atoms with Crippen LogP contribution in [0.3, 0.4) is 0 Å². The molecule has 1 atom stereocenters. The quantitative estimate of drug-likeness (QED) is 0.785. The van der Waals surface area contributed by atoms with E-state index in [4.69, 9.17) is 11.8 Å². The molecule has 3 heteroatoms. The average molecular weight is 278 g/mol. The van der Waals surface area contributed by atoms with Crippen LogP contribution in [0.5, 0.6) is 0 Å². The van der Waals surface area contributed by atoms with E-state index in [1.54, 1.807) is 0 Å². The molecule has 0 heterocycles. The molecule has 0 bridgehead atoms. The van der Waals surface area contributed by atoms with Crippen LogP contribution < -0.4 is 10.6 Å². The summed E-state index contributed by atoms with van der Waals surface area (Å²) in [6, 6.07) is 19.0. The molecule has 0 aromatic heterocycles. The molecule has 0 radical (unpaired) electrons. The van der Waals surface area contributed by atoms with E-state index in [0.717, 1.165) is 0 Å². The summed E-state index contributed by atoms with van der Waals surface area (Å²) in [5.74, 6) is 0. The van der Waals surface area contributed by atoms with Crippen molar-refractivity contribution in [3.63, 3.8) is 0 Å². The van der Waals surface area contributed by atoms with Gasteiger partial charge in [0, 0.05) is 5.30 Å². The Hall–Kier alpha value is -0.560. The van der Waals surface area contributed by atoms with Gasteiger partial charge in [-0.1, -0.05) is 66.4 Å². The maximum Gasteiger partial charge on any atom is 0.0613 e. The van der Waals surface area contributed by atoms with Gasteiger partial charge in [-0.15, -0.1) is 11.4 Å². The lowest BCUT2D eigenvalue weighted by atomic mass is 10.2. The highest BCUT2D eigenvalue weighted by molar-refractivity contribution is 8.75. The molecule has 0 fully saturated rings. The molecule has 2 aromatic rings. The number of rotatable bonds is 3. The molecule has 2 rings (SSSR count). The highest BCUT2D eigenvalue weighted by Gasteiger charge is 2.22. The lowest BCUT2D eigenvalue weighted by Crippen LogP contribution is -2.15. The summed E-state index contributed by atoms with van der Waals surface area (Å²) in [6.45, 7) is 2.15. The van der Waals surface area contributed by atoms with Crippen molar-refractivity contribution in [3.05, 3.63) is 60.2 Å². The summed E-state index contributed by atoms with van der Waals surface area (Å²) < 4.78 is 0. The molecule has 0 nitrogen and oxygen atoms in total. The third-order valence-corrected chi connectivity index (χ3v) is 10.7. The van der Waals surface area contributed by atoms with Gasteiger partial charge in [0.05, 0.1) is 5.24 Å². The van der Waals surface area contributed by atoms with Crippen LogP contribution in [-0.4, -0.2) is 6.26 Å². The molecule has 88 valence electrons. The molecule has 0 aliphatic heterocycles. The SMILES string of the molecule is CS[P@](=S)(c1ccccc1)c1ccccc1C. The second-order valence-corrected chi connectivity index (χ2v) is 11.4. The Morgan fingerprint density at radius 2 is 1.53 bits per heavy atom. The first-order valence-electron chi connectivity index (χ1n) is 5.46. The number of benzene rings is 2. The lowest BCUT2D eigenvalue weighted by Gasteiger charge is -2.22. The van der Waals surface area contributed by atoms with E-state index in [-0.39, 0.29) is 0 Å². The van der Waals surface area contributed by atoms with Crippen LogP contribution >= 0.6 is 16.6 Å². The minimum absolute atomic E-state index is 1.29. The Labute approximate surface area is 112 Å². The normalized spacial score (nSPS) is 14.2. The molecule has 0 amide bonds. The molecule has 0 saturated carbocycles. The van der Waals surface area contributed by atoms with Crippen LogP contribution in [0.25, 0.3) is 0 Å². The number of aryl methyl sites for hydroxylation is 1. The summed E-state index contributed by atoms with van der Waals surface area (Å²) in [6.07, 6.45) is 2.13. The highest BCUT2D eigenvalue weighted by atomic mass is 32.9. The fourth-order valence-corrected chi connectivity index (χ4v) is 7.11. The van der Waals surface area contributed by atoms with Crippen LogP contribution in [0.4, 0.5) is 0 Å². The standard InChI is InChI=1S/C14H15PS2/c1-12-8-6-7-11-14(12)15(16,17-2)13-9-4-3-5-10-13/h3-11H,1-2H3/t15-/m1/s1. The van der Waals surface area contributed by atoms with Crippen LogP contribution in [0.1, 0.15) is 5.56 Å². The average Bonchev–Trinajstić information content (AvgIpc) is 2.39. The fourth-order valence-electron chi connectivity index (χ4n) is 1.86. The molecule has 0 unspecified atom stereocenters. The predicted molar refractivity (Wildman–Crippen MR) is 84.7 cm³/mol. The number of hydrogen-bond donors (Lipinski definition) is 0. The van der Waals surface area contributed by atoms with Crippen molar-refractivity contribution >= 4 is 39.0 Å². The Morgan fingerprint density at radius 1 is 0.941 bits per heavy atom. The minimum atomic E-state index is -1.69. The van der Waals surface area contributed by atoms with Crippen molar-refractivity contribution in [1.82, 2.24) is 0 Å². The van der Waals surface area contributed by atoms with Crippen molar-refractivity contribution < 1.29 is 0 Å². The van der Waals surface area contributed by atoms with Crippen LogP contribution in [0.15, 0.2) is 54.6 Å².